The zero-order chi connectivity index (χ0) is 15.1. The van der Waals surface area contributed by atoms with Crippen LogP contribution in [0.3, 0.4) is 0 Å². The number of benzene rings is 1. The molecule has 108 valence electrons. The molecule has 0 aliphatic heterocycles. The van der Waals surface area contributed by atoms with E-state index in [0.29, 0.717) is 12.0 Å². The lowest BCUT2D eigenvalue weighted by atomic mass is 10.0. The van der Waals surface area contributed by atoms with Crippen LogP contribution in [-0.4, -0.2) is 22.9 Å². The maximum absolute atomic E-state index is 11.9. The monoisotopic (exact) mass is 298 g/mol. The molecule has 0 bridgehead atoms. The van der Waals surface area contributed by atoms with Gasteiger partial charge in [-0.05, 0) is 24.0 Å². The summed E-state index contributed by atoms with van der Waals surface area (Å²) >= 11 is 0. The molecule has 0 aliphatic carbocycles. The number of aromatic amines is 2. The first-order valence-corrected chi connectivity index (χ1v) is 7.40. The van der Waals surface area contributed by atoms with Crippen molar-refractivity contribution in [1.29, 1.82) is 0 Å². The quantitative estimate of drug-likeness (QED) is 0.719. The highest BCUT2D eigenvalue weighted by atomic mass is 32.2. The van der Waals surface area contributed by atoms with Gasteiger partial charge in [0.05, 0.1) is 10.9 Å². The van der Waals surface area contributed by atoms with Crippen molar-refractivity contribution in [3.05, 3.63) is 38.5 Å². The Labute approximate surface area is 114 Å². The van der Waals surface area contributed by atoms with Gasteiger partial charge in [0.25, 0.3) is 15.7 Å². The lowest BCUT2D eigenvalue weighted by Crippen LogP contribution is -2.24. The molecule has 0 saturated heterocycles. The van der Waals surface area contributed by atoms with E-state index in [1.165, 1.54) is 12.1 Å². The summed E-state index contributed by atoms with van der Waals surface area (Å²) in [4.78, 5) is 27.1. The van der Waals surface area contributed by atoms with Crippen LogP contribution in [0.4, 0.5) is 0 Å². The molecule has 0 amide bonds. The molecular formula is C12H14N2O5S. The zero-order valence-corrected chi connectivity index (χ0v) is 11.7. The van der Waals surface area contributed by atoms with Crippen LogP contribution in [0.25, 0.3) is 10.9 Å². The van der Waals surface area contributed by atoms with Crippen LogP contribution < -0.4 is 11.2 Å². The van der Waals surface area contributed by atoms with Crippen molar-refractivity contribution in [2.45, 2.75) is 25.2 Å². The third-order valence-corrected chi connectivity index (χ3v) is 3.75. The third kappa shape index (κ3) is 2.66. The van der Waals surface area contributed by atoms with Crippen molar-refractivity contribution in [3.63, 3.8) is 0 Å². The molecule has 3 N–H and O–H groups in total. The fourth-order valence-electron chi connectivity index (χ4n) is 2.13. The Balaban J connectivity index is 2.97. The van der Waals surface area contributed by atoms with Crippen LogP contribution in [0, 0.1) is 5.92 Å². The number of nitrogens with one attached hydrogen (secondary N) is 2. The highest BCUT2D eigenvalue weighted by Gasteiger charge is 2.19. The molecule has 0 radical (unpaired) electrons. The second-order valence-corrected chi connectivity index (χ2v) is 6.34. The van der Waals surface area contributed by atoms with Gasteiger partial charge < -0.3 is 4.98 Å². The standard InChI is InChI=1S/C12H14N2O5S/c1-6(2)5-7-3-4-8(20(17,18)19)9-10(7)13-12(16)14-11(9)15/h3-4,6H,5H2,1-2H3,(H,17,18,19)(H2,13,14,15,16). The van der Waals surface area contributed by atoms with Crippen molar-refractivity contribution < 1.29 is 13.0 Å². The average Bonchev–Trinajstić information content (AvgIpc) is 2.27. The van der Waals surface area contributed by atoms with Gasteiger partial charge in [0, 0.05) is 0 Å². The van der Waals surface area contributed by atoms with Crippen molar-refractivity contribution >= 4 is 21.0 Å². The van der Waals surface area contributed by atoms with E-state index in [4.69, 9.17) is 0 Å². The van der Waals surface area contributed by atoms with Gasteiger partial charge in [0.1, 0.15) is 4.90 Å². The molecule has 0 saturated carbocycles. The maximum atomic E-state index is 11.9. The highest BCUT2D eigenvalue weighted by Crippen LogP contribution is 2.22. The van der Waals surface area contributed by atoms with Crippen LogP contribution >= 0.6 is 0 Å². The van der Waals surface area contributed by atoms with Gasteiger partial charge in [-0.3, -0.25) is 14.3 Å². The van der Waals surface area contributed by atoms with Gasteiger partial charge in [0.2, 0.25) is 0 Å². The van der Waals surface area contributed by atoms with Crippen molar-refractivity contribution in [2.75, 3.05) is 0 Å². The van der Waals surface area contributed by atoms with Crippen molar-refractivity contribution in [1.82, 2.24) is 9.97 Å². The van der Waals surface area contributed by atoms with Gasteiger partial charge in [-0.1, -0.05) is 19.9 Å². The molecular weight excluding hydrogens is 284 g/mol. The number of H-pyrrole nitrogens is 2. The summed E-state index contributed by atoms with van der Waals surface area (Å²) < 4.78 is 31.8. The fourth-order valence-corrected chi connectivity index (χ4v) is 2.82. The fraction of sp³-hybridized carbons (Fsp3) is 0.333. The largest absolute Gasteiger partial charge is 0.326 e. The first-order chi connectivity index (χ1) is 9.20. The third-order valence-electron chi connectivity index (χ3n) is 2.85. The molecule has 2 aromatic rings. The molecule has 1 aromatic carbocycles. The number of hydrogen-bond acceptors (Lipinski definition) is 4. The molecule has 1 aromatic heterocycles. The van der Waals surface area contributed by atoms with E-state index >= 15 is 0 Å². The molecule has 20 heavy (non-hydrogen) atoms. The minimum Gasteiger partial charge on any atom is -0.307 e. The van der Waals surface area contributed by atoms with Crippen LogP contribution in [0.2, 0.25) is 0 Å². The second kappa shape index (κ2) is 4.88. The predicted octanol–water partition coefficient (Wildman–Crippen LogP) is 0.662. The lowest BCUT2D eigenvalue weighted by Gasteiger charge is -2.10. The SMILES string of the molecule is CC(C)Cc1ccc(S(=O)(=O)O)c2c(=O)[nH]c(=O)[nH]c12. The van der Waals surface area contributed by atoms with Crippen LogP contribution in [0.15, 0.2) is 26.6 Å². The van der Waals surface area contributed by atoms with E-state index < -0.39 is 26.3 Å². The summed E-state index contributed by atoms with van der Waals surface area (Å²) in [5.41, 5.74) is -0.782. The molecule has 0 atom stereocenters. The van der Waals surface area contributed by atoms with Crippen LogP contribution in [-0.2, 0) is 16.5 Å². The van der Waals surface area contributed by atoms with Crippen molar-refractivity contribution in [3.8, 4) is 0 Å². The Morgan fingerprint density at radius 1 is 1.20 bits per heavy atom. The van der Waals surface area contributed by atoms with Gasteiger partial charge in [-0.15, -0.1) is 0 Å². The molecule has 8 heteroatoms. The van der Waals surface area contributed by atoms with E-state index in [9.17, 15) is 22.6 Å². The lowest BCUT2D eigenvalue weighted by molar-refractivity contribution is 0.484. The minimum atomic E-state index is -4.55. The molecule has 7 nitrogen and oxygen atoms in total. The first-order valence-electron chi connectivity index (χ1n) is 5.96. The molecule has 1 heterocycles. The minimum absolute atomic E-state index is 0.141. The molecule has 2 rings (SSSR count). The summed E-state index contributed by atoms with van der Waals surface area (Å²) in [6, 6.07) is 2.66. The number of aromatic nitrogens is 2. The zero-order valence-electron chi connectivity index (χ0n) is 10.9. The number of hydrogen-bond donors (Lipinski definition) is 3. The second-order valence-electron chi connectivity index (χ2n) is 4.95. The van der Waals surface area contributed by atoms with E-state index in [1.807, 2.05) is 18.8 Å². The summed E-state index contributed by atoms with van der Waals surface area (Å²) in [5, 5.41) is -0.231. The van der Waals surface area contributed by atoms with Gasteiger partial charge in [0.15, 0.2) is 0 Å². The van der Waals surface area contributed by atoms with Crippen LogP contribution in [0.1, 0.15) is 19.4 Å². The Hall–Kier alpha value is -1.93. The summed E-state index contributed by atoms with van der Waals surface area (Å²) in [5.74, 6) is 0.248. The molecule has 0 unspecified atom stereocenters. The number of fused-ring (bicyclic) bond motifs is 1. The molecule has 0 fully saturated rings. The topological polar surface area (TPSA) is 120 Å². The predicted molar refractivity (Wildman–Crippen MR) is 73.5 cm³/mol. The average molecular weight is 298 g/mol. The Bertz CT molecular complexity index is 877. The Morgan fingerprint density at radius 3 is 2.40 bits per heavy atom. The van der Waals surface area contributed by atoms with E-state index in [1.54, 1.807) is 0 Å². The van der Waals surface area contributed by atoms with Crippen molar-refractivity contribution in [2.24, 2.45) is 5.92 Å². The summed E-state index contributed by atoms with van der Waals surface area (Å²) in [7, 11) is -4.55. The highest BCUT2D eigenvalue weighted by molar-refractivity contribution is 7.86. The molecule has 0 spiro atoms. The van der Waals surface area contributed by atoms with Gasteiger partial charge in [-0.25, -0.2) is 4.79 Å². The first kappa shape index (κ1) is 14.5. The molecule has 0 aliphatic rings. The van der Waals surface area contributed by atoms with E-state index in [-0.39, 0.29) is 16.8 Å². The summed E-state index contributed by atoms with van der Waals surface area (Å²) in [6.45, 7) is 3.90. The van der Waals surface area contributed by atoms with Gasteiger partial charge >= 0.3 is 5.69 Å². The van der Waals surface area contributed by atoms with E-state index in [0.717, 1.165) is 0 Å². The summed E-state index contributed by atoms with van der Waals surface area (Å²) in [6.07, 6.45) is 0.557. The normalized spacial score (nSPS) is 12.2. The Kier molecular flexibility index (Phi) is 3.53. The number of rotatable bonds is 3. The Morgan fingerprint density at radius 2 is 1.85 bits per heavy atom. The smallest absolute Gasteiger partial charge is 0.307 e. The van der Waals surface area contributed by atoms with E-state index in [2.05, 4.69) is 4.98 Å². The van der Waals surface area contributed by atoms with Gasteiger partial charge in [-0.2, -0.15) is 8.42 Å². The van der Waals surface area contributed by atoms with Crippen LogP contribution in [0.5, 0.6) is 0 Å². The maximum Gasteiger partial charge on any atom is 0.326 e.